The predicted molar refractivity (Wildman–Crippen MR) is 82.3 cm³/mol. The van der Waals surface area contributed by atoms with Crippen LogP contribution in [0.1, 0.15) is 24.3 Å². The largest absolute Gasteiger partial charge is 0.393 e. The molecule has 3 rings (SSSR count). The van der Waals surface area contributed by atoms with Gasteiger partial charge in [0.25, 0.3) is 0 Å². The SMILES string of the molecule is CN1C[C@@H](C(F)(F)F)[C@H](C(=O)N2CCC(c3cnn(C)c3)CC2)C1. The summed E-state index contributed by atoms with van der Waals surface area (Å²) in [5, 5.41) is 4.16. The number of hydrogen-bond acceptors (Lipinski definition) is 3. The highest BCUT2D eigenvalue weighted by Gasteiger charge is 2.52. The van der Waals surface area contributed by atoms with Gasteiger partial charge in [-0.15, -0.1) is 0 Å². The van der Waals surface area contributed by atoms with Gasteiger partial charge in [0.15, 0.2) is 0 Å². The summed E-state index contributed by atoms with van der Waals surface area (Å²) in [6.45, 7) is 1.13. The zero-order chi connectivity index (χ0) is 17.5. The van der Waals surface area contributed by atoms with Crippen molar-refractivity contribution in [3.05, 3.63) is 18.0 Å². The zero-order valence-electron chi connectivity index (χ0n) is 14.0. The average molecular weight is 344 g/mol. The van der Waals surface area contributed by atoms with E-state index in [0.29, 0.717) is 19.0 Å². The molecular weight excluding hydrogens is 321 g/mol. The summed E-state index contributed by atoms with van der Waals surface area (Å²) in [6, 6.07) is 0. The second-order valence-electron chi connectivity index (χ2n) is 7.02. The van der Waals surface area contributed by atoms with Gasteiger partial charge >= 0.3 is 6.18 Å². The predicted octanol–water partition coefficient (Wildman–Crippen LogP) is 1.87. The van der Waals surface area contributed by atoms with Gasteiger partial charge in [0.05, 0.1) is 18.0 Å². The maximum absolute atomic E-state index is 13.2. The van der Waals surface area contributed by atoms with Gasteiger partial charge in [0.2, 0.25) is 5.91 Å². The third-order valence-corrected chi connectivity index (χ3v) is 5.24. The Morgan fingerprint density at radius 3 is 2.42 bits per heavy atom. The van der Waals surface area contributed by atoms with Crippen LogP contribution in [0.5, 0.6) is 0 Å². The Kier molecular flexibility index (Phi) is 4.59. The number of alkyl halides is 3. The lowest BCUT2D eigenvalue weighted by Gasteiger charge is -2.34. The molecule has 134 valence electrons. The molecule has 0 radical (unpaired) electrons. The lowest BCUT2D eigenvalue weighted by Crippen LogP contribution is -2.45. The molecule has 24 heavy (non-hydrogen) atoms. The van der Waals surface area contributed by atoms with E-state index in [1.807, 2.05) is 19.4 Å². The Hall–Kier alpha value is -1.57. The van der Waals surface area contributed by atoms with Crippen molar-refractivity contribution in [2.75, 3.05) is 33.2 Å². The van der Waals surface area contributed by atoms with Gasteiger partial charge in [0.1, 0.15) is 0 Å². The monoisotopic (exact) mass is 344 g/mol. The Labute approximate surface area is 139 Å². The van der Waals surface area contributed by atoms with Crippen LogP contribution in [0.25, 0.3) is 0 Å². The fourth-order valence-electron chi connectivity index (χ4n) is 3.90. The van der Waals surface area contributed by atoms with Crippen LogP contribution in [0.3, 0.4) is 0 Å². The van der Waals surface area contributed by atoms with Crippen molar-refractivity contribution < 1.29 is 18.0 Å². The van der Waals surface area contributed by atoms with Crippen LogP contribution < -0.4 is 0 Å². The first-order valence-electron chi connectivity index (χ1n) is 8.28. The lowest BCUT2D eigenvalue weighted by atomic mass is 9.89. The van der Waals surface area contributed by atoms with Crippen LogP contribution in [0.15, 0.2) is 12.4 Å². The summed E-state index contributed by atoms with van der Waals surface area (Å²) in [6.07, 6.45) is 1.02. The van der Waals surface area contributed by atoms with Crippen molar-refractivity contribution >= 4 is 5.91 Å². The molecule has 1 aromatic heterocycles. The van der Waals surface area contributed by atoms with Crippen LogP contribution >= 0.6 is 0 Å². The molecule has 2 aliphatic heterocycles. The number of hydrogen-bond donors (Lipinski definition) is 0. The van der Waals surface area contributed by atoms with Crippen LogP contribution in [-0.2, 0) is 11.8 Å². The van der Waals surface area contributed by atoms with E-state index in [-0.39, 0.29) is 19.0 Å². The normalized spacial score (nSPS) is 27.0. The summed E-state index contributed by atoms with van der Waals surface area (Å²) in [4.78, 5) is 15.9. The lowest BCUT2D eigenvalue weighted by molar-refractivity contribution is -0.186. The topological polar surface area (TPSA) is 41.4 Å². The molecule has 5 nitrogen and oxygen atoms in total. The molecule has 0 unspecified atom stereocenters. The third kappa shape index (κ3) is 3.43. The van der Waals surface area contributed by atoms with Crippen molar-refractivity contribution in [1.82, 2.24) is 19.6 Å². The molecule has 0 aromatic carbocycles. The second-order valence-corrected chi connectivity index (χ2v) is 7.02. The van der Waals surface area contributed by atoms with E-state index in [9.17, 15) is 18.0 Å². The van der Waals surface area contributed by atoms with Gasteiger partial charge in [-0.2, -0.15) is 18.3 Å². The van der Waals surface area contributed by atoms with Crippen molar-refractivity contribution in [2.24, 2.45) is 18.9 Å². The maximum atomic E-state index is 13.2. The van der Waals surface area contributed by atoms with Crippen LogP contribution in [-0.4, -0.2) is 64.9 Å². The van der Waals surface area contributed by atoms with E-state index < -0.39 is 18.0 Å². The number of piperidine rings is 1. The van der Waals surface area contributed by atoms with Gasteiger partial charge < -0.3 is 9.80 Å². The molecule has 0 aliphatic carbocycles. The van der Waals surface area contributed by atoms with Gasteiger partial charge in [-0.05, 0) is 31.4 Å². The standard InChI is InChI=1S/C16H23F3N4O/c1-21-9-13(14(10-21)16(17,18)19)15(24)23-5-3-11(4-6-23)12-7-20-22(2)8-12/h7-8,11,13-14H,3-6,9-10H2,1-2H3/t13-,14-/m1/s1. The first kappa shape index (κ1) is 17.3. The quantitative estimate of drug-likeness (QED) is 0.822. The second kappa shape index (κ2) is 6.38. The number of amides is 1. The summed E-state index contributed by atoms with van der Waals surface area (Å²) in [5.41, 5.74) is 1.14. The molecule has 2 aliphatic rings. The summed E-state index contributed by atoms with van der Waals surface area (Å²) in [5.74, 6) is -2.53. The molecule has 0 N–H and O–H groups in total. The number of rotatable bonds is 2. The first-order valence-corrected chi connectivity index (χ1v) is 8.28. The fraction of sp³-hybridized carbons (Fsp3) is 0.750. The van der Waals surface area contributed by atoms with Gasteiger partial charge in [-0.25, -0.2) is 0 Å². The highest BCUT2D eigenvalue weighted by molar-refractivity contribution is 5.80. The Bertz CT molecular complexity index is 592. The molecule has 0 spiro atoms. The molecule has 0 bridgehead atoms. The molecule has 0 saturated carbocycles. The Morgan fingerprint density at radius 2 is 1.88 bits per heavy atom. The number of aryl methyl sites for hydroxylation is 1. The molecule has 3 heterocycles. The van der Waals surface area contributed by atoms with Crippen molar-refractivity contribution in [2.45, 2.75) is 24.9 Å². The third-order valence-electron chi connectivity index (χ3n) is 5.24. The zero-order valence-corrected chi connectivity index (χ0v) is 14.0. The van der Waals surface area contributed by atoms with E-state index in [1.54, 1.807) is 21.5 Å². The number of aromatic nitrogens is 2. The molecule has 8 heteroatoms. The number of carbonyl (C=O) groups excluding carboxylic acids is 1. The molecule has 2 saturated heterocycles. The number of halogens is 3. The van der Waals surface area contributed by atoms with E-state index in [4.69, 9.17) is 0 Å². The minimum Gasteiger partial charge on any atom is -0.342 e. The molecule has 2 atom stereocenters. The van der Waals surface area contributed by atoms with Crippen molar-refractivity contribution in [3.8, 4) is 0 Å². The van der Waals surface area contributed by atoms with Crippen molar-refractivity contribution in [3.63, 3.8) is 0 Å². The highest BCUT2D eigenvalue weighted by atomic mass is 19.4. The van der Waals surface area contributed by atoms with E-state index >= 15 is 0 Å². The first-order chi connectivity index (χ1) is 11.3. The number of carbonyl (C=O) groups is 1. The average Bonchev–Trinajstić information content (AvgIpc) is 3.12. The van der Waals surface area contributed by atoms with Crippen LogP contribution in [0.4, 0.5) is 13.2 Å². The minimum atomic E-state index is -4.32. The summed E-state index contributed by atoms with van der Waals surface area (Å²) >= 11 is 0. The minimum absolute atomic E-state index is 0.0912. The van der Waals surface area contributed by atoms with Crippen LogP contribution in [0.2, 0.25) is 0 Å². The Morgan fingerprint density at radius 1 is 1.21 bits per heavy atom. The van der Waals surface area contributed by atoms with E-state index in [2.05, 4.69) is 5.10 Å². The smallest absolute Gasteiger partial charge is 0.342 e. The molecule has 1 amide bonds. The summed E-state index contributed by atoms with van der Waals surface area (Å²) < 4.78 is 41.3. The molecular formula is C16H23F3N4O. The Balaban J connectivity index is 1.62. The van der Waals surface area contributed by atoms with E-state index in [0.717, 1.165) is 18.4 Å². The summed E-state index contributed by atoms with van der Waals surface area (Å²) in [7, 11) is 3.50. The van der Waals surface area contributed by atoms with Gasteiger partial charge in [0, 0.05) is 39.4 Å². The van der Waals surface area contributed by atoms with Gasteiger partial charge in [-0.1, -0.05) is 0 Å². The van der Waals surface area contributed by atoms with Gasteiger partial charge in [-0.3, -0.25) is 9.48 Å². The number of likely N-dealkylation sites (tertiary alicyclic amines) is 2. The van der Waals surface area contributed by atoms with Crippen molar-refractivity contribution in [1.29, 1.82) is 0 Å². The molecule has 2 fully saturated rings. The number of nitrogens with zero attached hydrogens (tertiary/aromatic N) is 4. The highest BCUT2D eigenvalue weighted by Crippen LogP contribution is 2.38. The van der Waals surface area contributed by atoms with Crippen LogP contribution in [0, 0.1) is 11.8 Å². The van der Waals surface area contributed by atoms with E-state index in [1.165, 1.54) is 0 Å². The fourth-order valence-corrected chi connectivity index (χ4v) is 3.90. The molecule has 1 aromatic rings. The maximum Gasteiger partial charge on any atom is 0.393 e.